The van der Waals surface area contributed by atoms with Gasteiger partial charge in [-0.2, -0.15) is 0 Å². The van der Waals surface area contributed by atoms with Gasteiger partial charge < -0.3 is 25.4 Å². The van der Waals surface area contributed by atoms with Crippen molar-refractivity contribution in [3.05, 3.63) is 0 Å². The molecule has 3 atom stereocenters. The van der Waals surface area contributed by atoms with Gasteiger partial charge in [0.25, 0.3) is 0 Å². The minimum Gasteiger partial charge on any atom is -0.394 e. The minimum atomic E-state index is -0.435. The highest BCUT2D eigenvalue weighted by Gasteiger charge is 2.32. The molecule has 2 aliphatic rings. The molecule has 2 saturated heterocycles. The predicted octanol–water partition coefficient (Wildman–Crippen LogP) is 0.413. The van der Waals surface area contributed by atoms with Crippen LogP contribution in [0.25, 0.3) is 0 Å². The van der Waals surface area contributed by atoms with Crippen LogP contribution in [0.4, 0.5) is 0 Å². The molecule has 2 amide bonds. The molecule has 0 aliphatic carbocycles. The van der Waals surface area contributed by atoms with Crippen LogP contribution < -0.4 is 10.6 Å². The third-order valence-corrected chi connectivity index (χ3v) is 5.08. The molecule has 0 saturated carbocycles. The normalized spacial score (nSPS) is 27.7. The highest BCUT2D eigenvalue weighted by atomic mass is 16.5. The topological polar surface area (TPSA) is 90.9 Å². The lowest BCUT2D eigenvalue weighted by molar-refractivity contribution is -0.135. The lowest BCUT2D eigenvalue weighted by Crippen LogP contribution is -2.51. The molecule has 7 nitrogen and oxygen atoms in total. The number of carbonyl (C=O) groups excluding carboxylic acids is 2. The van der Waals surface area contributed by atoms with Crippen LogP contribution >= 0.6 is 0 Å². The maximum absolute atomic E-state index is 12.1. The van der Waals surface area contributed by atoms with Crippen molar-refractivity contribution in [1.29, 1.82) is 0 Å². The summed E-state index contributed by atoms with van der Waals surface area (Å²) >= 11 is 0. The summed E-state index contributed by atoms with van der Waals surface area (Å²) in [5, 5.41) is 15.4. The van der Waals surface area contributed by atoms with Gasteiger partial charge in [0.15, 0.2) is 0 Å². The number of carbonyl (C=O) groups is 2. The van der Waals surface area contributed by atoms with E-state index >= 15 is 0 Å². The molecule has 3 N–H and O–H groups in total. The third kappa shape index (κ3) is 6.92. The van der Waals surface area contributed by atoms with Gasteiger partial charge in [-0.25, -0.2) is 0 Å². The van der Waals surface area contributed by atoms with E-state index in [1.54, 1.807) is 6.92 Å². The zero-order chi connectivity index (χ0) is 18.1. The summed E-state index contributed by atoms with van der Waals surface area (Å²) in [6.45, 7) is 5.48. The molecule has 0 unspecified atom stereocenters. The van der Waals surface area contributed by atoms with Gasteiger partial charge in [0, 0.05) is 19.5 Å². The summed E-state index contributed by atoms with van der Waals surface area (Å²) in [6.07, 6.45) is 5.35. The molecular formula is C18H33N3O4. The summed E-state index contributed by atoms with van der Waals surface area (Å²) in [5.41, 5.74) is 0. The van der Waals surface area contributed by atoms with E-state index in [1.165, 1.54) is 19.3 Å². The molecule has 2 fully saturated rings. The third-order valence-electron chi connectivity index (χ3n) is 5.08. The molecule has 2 rings (SSSR count). The highest BCUT2D eigenvalue weighted by Crippen LogP contribution is 2.22. The summed E-state index contributed by atoms with van der Waals surface area (Å²) in [5.74, 6) is -0.0456. The number of likely N-dealkylation sites (tertiary alicyclic amines) is 1. The average molecular weight is 355 g/mol. The van der Waals surface area contributed by atoms with Gasteiger partial charge in [-0.15, -0.1) is 0 Å². The van der Waals surface area contributed by atoms with Crippen molar-refractivity contribution in [1.82, 2.24) is 15.5 Å². The van der Waals surface area contributed by atoms with Crippen molar-refractivity contribution >= 4 is 11.8 Å². The molecule has 0 aromatic rings. The second-order valence-electron chi connectivity index (χ2n) is 7.04. The van der Waals surface area contributed by atoms with E-state index in [0.29, 0.717) is 25.8 Å². The summed E-state index contributed by atoms with van der Waals surface area (Å²) in [7, 11) is 0. The number of piperidine rings is 1. The second-order valence-corrected chi connectivity index (χ2v) is 7.04. The average Bonchev–Trinajstić information content (AvgIpc) is 2.63. The molecular weight excluding hydrogens is 322 g/mol. The van der Waals surface area contributed by atoms with Crippen LogP contribution in [0.1, 0.15) is 51.9 Å². The van der Waals surface area contributed by atoms with E-state index in [1.807, 2.05) is 0 Å². The maximum atomic E-state index is 12.1. The standard InChI is InChI=1S/C18H33N3O4/c1-2-17(23)20-15-7-6-14(25-16(15)13-22)12-18(24)19-8-11-21-9-4-3-5-10-21/h14-16,22H,2-13H2,1H3,(H,19,24)(H,20,23)/t14-,15-,16+/m0/s1. The van der Waals surface area contributed by atoms with E-state index in [0.717, 1.165) is 26.1 Å². The van der Waals surface area contributed by atoms with Gasteiger partial charge in [-0.1, -0.05) is 13.3 Å². The first kappa shape index (κ1) is 20.1. The number of amides is 2. The highest BCUT2D eigenvalue weighted by molar-refractivity contribution is 5.76. The van der Waals surface area contributed by atoms with Crippen molar-refractivity contribution < 1.29 is 19.4 Å². The van der Waals surface area contributed by atoms with Gasteiger partial charge in [0.2, 0.25) is 11.8 Å². The van der Waals surface area contributed by atoms with Crippen molar-refractivity contribution in [2.45, 2.75) is 70.1 Å². The Hall–Kier alpha value is -1.18. The van der Waals surface area contributed by atoms with Crippen LogP contribution in [0.3, 0.4) is 0 Å². The smallest absolute Gasteiger partial charge is 0.222 e. The molecule has 0 aromatic heterocycles. The summed E-state index contributed by atoms with van der Waals surface area (Å²) in [4.78, 5) is 26.0. The fourth-order valence-corrected chi connectivity index (χ4v) is 3.57. The Morgan fingerprint density at radius 1 is 1.16 bits per heavy atom. The van der Waals surface area contributed by atoms with Crippen LogP contribution in [0.15, 0.2) is 0 Å². The molecule has 0 aromatic carbocycles. The van der Waals surface area contributed by atoms with E-state index in [9.17, 15) is 14.7 Å². The fourth-order valence-electron chi connectivity index (χ4n) is 3.57. The fraction of sp³-hybridized carbons (Fsp3) is 0.889. The molecule has 25 heavy (non-hydrogen) atoms. The largest absolute Gasteiger partial charge is 0.394 e. The summed E-state index contributed by atoms with van der Waals surface area (Å²) in [6, 6.07) is -0.170. The Bertz CT molecular complexity index is 427. The van der Waals surface area contributed by atoms with E-state index in [4.69, 9.17) is 4.74 Å². The van der Waals surface area contributed by atoms with E-state index in [-0.39, 0.29) is 30.6 Å². The number of nitrogens with one attached hydrogen (secondary N) is 2. The molecule has 2 aliphatic heterocycles. The Morgan fingerprint density at radius 2 is 1.92 bits per heavy atom. The van der Waals surface area contributed by atoms with Crippen LogP contribution in [-0.2, 0) is 14.3 Å². The quantitative estimate of drug-likeness (QED) is 0.587. The van der Waals surface area contributed by atoms with Crippen molar-refractivity contribution in [2.75, 3.05) is 32.8 Å². The molecule has 2 heterocycles. The molecule has 144 valence electrons. The maximum Gasteiger partial charge on any atom is 0.222 e. The van der Waals surface area contributed by atoms with Crippen LogP contribution in [0, 0.1) is 0 Å². The van der Waals surface area contributed by atoms with Crippen molar-refractivity contribution in [2.24, 2.45) is 0 Å². The van der Waals surface area contributed by atoms with Gasteiger partial charge in [-0.3, -0.25) is 9.59 Å². The first-order valence-electron chi connectivity index (χ1n) is 9.67. The number of aliphatic hydroxyl groups excluding tert-OH is 1. The molecule has 0 spiro atoms. The Balaban J connectivity index is 1.66. The number of rotatable bonds is 8. The van der Waals surface area contributed by atoms with Crippen molar-refractivity contribution in [3.63, 3.8) is 0 Å². The van der Waals surface area contributed by atoms with Gasteiger partial charge in [-0.05, 0) is 38.8 Å². The van der Waals surface area contributed by atoms with Gasteiger partial charge in [0.1, 0.15) is 6.10 Å². The number of hydrogen-bond donors (Lipinski definition) is 3. The molecule has 7 heteroatoms. The number of hydrogen-bond acceptors (Lipinski definition) is 5. The van der Waals surface area contributed by atoms with E-state index in [2.05, 4.69) is 15.5 Å². The van der Waals surface area contributed by atoms with Crippen molar-refractivity contribution in [3.8, 4) is 0 Å². The Kier molecular flexibility index (Phi) is 8.64. The zero-order valence-corrected chi connectivity index (χ0v) is 15.3. The lowest BCUT2D eigenvalue weighted by Gasteiger charge is -2.36. The SMILES string of the molecule is CCC(=O)N[C@H]1CC[C@@H](CC(=O)NCCN2CCCCC2)O[C@@H]1CO. The number of ether oxygens (including phenoxy) is 1. The minimum absolute atomic E-state index is 0.00487. The molecule has 0 bridgehead atoms. The first-order valence-corrected chi connectivity index (χ1v) is 9.67. The monoisotopic (exact) mass is 355 g/mol. The van der Waals surface area contributed by atoms with Crippen LogP contribution in [0.5, 0.6) is 0 Å². The first-order chi connectivity index (χ1) is 12.1. The number of aliphatic hydroxyl groups is 1. The lowest BCUT2D eigenvalue weighted by atomic mass is 9.97. The van der Waals surface area contributed by atoms with E-state index < -0.39 is 6.10 Å². The van der Waals surface area contributed by atoms with Crippen LogP contribution in [-0.4, -0.2) is 72.9 Å². The zero-order valence-electron chi connectivity index (χ0n) is 15.3. The summed E-state index contributed by atoms with van der Waals surface area (Å²) < 4.78 is 5.82. The second kappa shape index (κ2) is 10.7. The van der Waals surface area contributed by atoms with Gasteiger partial charge >= 0.3 is 0 Å². The number of nitrogens with zero attached hydrogens (tertiary/aromatic N) is 1. The Labute approximate surface area is 150 Å². The Morgan fingerprint density at radius 3 is 2.60 bits per heavy atom. The van der Waals surface area contributed by atoms with Gasteiger partial charge in [0.05, 0.1) is 25.2 Å². The van der Waals surface area contributed by atoms with Crippen LogP contribution in [0.2, 0.25) is 0 Å². The molecule has 0 radical (unpaired) electrons. The predicted molar refractivity (Wildman–Crippen MR) is 95.1 cm³/mol.